The van der Waals surface area contributed by atoms with Gasteiger partial charge >= 0.3 is 0 Å². The molecular weight excluding hydrogens is 518 g/mol. The number of imide groups is 1. The Bertz CT molecular complexity index is 1580. The van der Waals surface area contributed by atoms with Gasteiger partial charge in [0.25, 0.3) is 21.8 Å². The lowest BCUT2D eigenvalue weighted by Gasteiger charge is -2.26. The monoisotopic (exact) mass is 539 g/mol. The van der Waals surface area contributed by atoms with Crippen LogP contribution in [0.2, 0.25) is 0 Å². The Morgan fingerprint density at radius 1 is 1.16 bits per heavy atom. The highest BCUT2D eigenvalue weighted by atomic mass is 32.2. The van der Waals surface area contributed by atoms with Crippen molar-refractivity contribution in [3.8, 4) is 17.4 Å². The van der Waals surface area contributed by atoms with E-state index in [1.807, 2.05) is 13.0 Å². The third-order valence-corrected chi connectivity index (χ3v) is 7.97. The molecule has 2 aromatic heterocycles. The lowest BCUT2D eigenvalue weighted by molar-refractivity contribution is -0.140. The summed E-state index contributed by atoms with van der Waals surface area (Å²) >= 11 is 1.16. The van der Waals surface area contributed by atoms with Crippen LogP contribution in [-0.2, 0) is 26.0 Å². The summed E-state index contributed by atoms with van der Waals surface area (Å²) in [6.45, 7) is 2.72. The number of aromatic nitrogens is 2. The van der Waals surface area contributed by atoms with Crippen LogP contribution in [0.5, 0.6) is 0 Å². The van der Waals surface area contributed by atoms with Gasteiger partial charge in [-0.2, -0.15) is 5.26 Å². The van der Waals surface area contributed by atoms with E-state index >= 15 is 0 Å². The first-order chi connectivity index (χ1) is 17.7. The number of aryl methyl sites for hydroxylation is 1. The number of hydrogen-bond donors (Lipinski definition) is 2. The smallest absolute Gasteiger partial charge is 0.271 e. The summed E-state index contributed by atoms with van der Waals surface area (Å²) < 4.78 is 33.6. The minimum atomic E-state index is -3.86. The van der Waals surface area contributed by atoms with Gasteiger partial charge in [0.1, 0.15) is 28.2 Å². The average Bonchev–Trinajstić information content (AvgIpc) is 3.54. The fraction of sp³-hybridized carbons (Fsp3) is 0.208. The van der Waals surface area contributed by atoms with E-state index in [-0.39, 0.29) is 39.1 Å². The number of anilines is 1. The molecule has 3 heterocycles. The van der Waals surface area contributed by atoms with Crippen LogP contribution in [0, 0.1) is 11.3 Å². The first kappa shape index (κ1) is 26.0. The van der Waals surface area contributed by atoms with Gasteiger partial charge in [-0.15, -0.1) is 10.2 Å². The lowest BCUT2D eigenvalue weighted by Crippen LogP contribution is -2.44. The Morgan fingerprint density at radius 3 is 2.51 bits per heavy atom. The molecule has 37 heavy (non-hydrogen) atoms. The third-order valence-electron chi connectivity index (χ3n) is 5.50. The minimum Gasteiger partial charge on any atom is -0.457 e. The molecule has 11 nitrogen and oxygen atoms in total. The summed E-state index contributed by atoms with van der Waals surface area (Å²) in [4.78, 5) is 26.1. The van der Waals surface area contributed by atoms with Crippen molar-refractivity contribution in [2.24, 2.45) is 0 Å². The van der Waals surface area contributed by atoms with Crippen molar-refractivity contribution in [1.82, 2.24) is 15.1 Å². The first-order valence-electron chi connectivity index (χ1n) is 11.0. The molecule has 0 atom stereocenters. The van der Waals surface area contributed by atoms with Gasteiger partial charge in [-0.25, -0.2) is 8.42 Å². The molecule has 1 aromatic carbocycles. The highest BCUT2D eigenvalue weighted by Crippen LogP contribution is 2.30. The zero-order chi connectivity index (χ0) is 26.7. The number of aliphatic hydroxyl groups excluding tert-OH is 1. The van der Waals surface area contributed by atoms with E-state index in [1.54, 1.807) is 24.3 Å². The number of nitrogens with one attached hydrogen (secondary N) is 1. The van der Waals surface area contributed by atoms with Crippen molar-refractivity contribution in [2.45, 2.75) is 25.2 Å². The number of amides is 2. The van der Waals surface area contributed by atoms with Crippen LogP contribution in [0.25, 0.3) is 17.4 Å². The Labute approximate surface area is 216 Å². The van der Waals surface area contributed by atoms with E-state index in [1.165, 1.54) is 25.1 Å². The number of hydrogen-bond acceptors (Lipinski definition) is 10. The SMILES string of the molecule is CCc1nnc(NS(=O)(=O)c2ccc(-c3ccc(/C=C4/C(=O)N(CCO)C(=O)C(C#N)=C4C)o3)cc2)s1. The summed E-state index contributed by atoms with van der Waals surface area (Å²) in [5.74, 6) is -0.696. The fourth-order valence-corrected chi connectivity index (χ4v) is 5.48. The van der Waals surface area contributed by atoms with Gasteiger partial charge in [-0.1, -0.05) is 18.3 Å². The number of carbonyl (C=O) groups is 2. The molecule has 0 bridgehead atoms. The second-order valence-corrected chi connectivity index (χ2v) is 10.6. The number of nitriles is 1. The van der Waals surface area contributed by atoms with Gasteiger partial charge < -0.3 is 9.52 Å². The van der Waals surface area contributed by atoms with E-state index in [9.17, 15) is 28.4 Å². The Balaban J connectivity index is 1.58. The van der Waals surface area contributed by atoms with Crippen LogP contribution < -0.4 is 4.72 Å². The molecule has 190 valence electrons. The predicted octanol–water partition coefficient (Wildman–Crippen LogP) is 2.75. The minimum absolute atomic E-state index is 0.0321. The van der Waals surface area contributed by atoms with Crippen molar-refractivity contribution in [2.75, 3.05) is 17.9 Å². The van der Waals surface area contributed by atoms with Crippen LogP contribution in [0.4, 0.5) is 5.13 Å². The number of nitrogens with zero attached hydrogens (tertiary/aromatic N) is 4. The molecule has 0 fully saturated rings. The van der Waals surface area contributed by atoms with Crippen molar-refractivity contribution >= 4 is 44.4 Å². The van der Waals surface area contributed by atoms with E-state index in [0.717, 1.165) is 16.2 Å². The molecule has 2 amide bonds. The summed E-state index contributed by atoms with van der Waals surface area (Å²) in [6, 6.07) is 11.1. The number of benzene rings is 1. The van der Waals surface area contributed by atoms with Gasteiger partial charge in [0.2, 0.25) is 5.13 Å². The topological polar surface area (TPSA) is 166 Å². The van der Waals surface area contributed by atoms with Crippen molar-refractivity contribution < 1.29 is 27.5 Å². The van der Waals surface area contributed by atoms with Crippen LogP contribution >= 0.6 is 11.3 Å². The lowest BCUT2D eigenvalue weighted by atomic mass is 9.95. The maximum atomic E-state index is 12.8. The van der Waals surface area contributed by atoms with Crippen molar-refractivity contribution in [3.05, 3.63) is 63.9 Å². The highest BCUT2D eigenvalue weighted by molar-refractivity contribution is 7.93. The van der Waals surface area contributed by atoms with Crippen LogP contribution in [0.15, 0.2) is 62.4 Å². The molecule has 0 unspecified atom stereocenters. The van der Waals surface area contributed by atoms with E-state index in [0.29, 0.717) is 22.8 Å². The van der Waals surface area contributed by atoms with Gasteiger partial charge in [-0.05, 0) is 61.4 Å². The molecule has 0 saturated heterocycles. The van der Waals surface area contributed by atoms with Gasteiger partial charge in [0.15, 0.2) is 0 Å². The first-order valence-corrected chi connectivity index (χ1v) is 13.3. The number of sulfonamides is 1. The molecule has 3 aromatic rings. The quantitative estimate of drug-likeness (QED) is 0.323. The predicted molar refractivity (Wildman–Crippen MR) is 134 cm³/mol. The summed E-state index contributed by atoms with van der Waals surface area (Å²) in [7, 11) is -3.86. The molecule has 0 saturated carbocycles. The number of rotatable bonds is 8. The number of β-amino-alcohol motifs (C(OH)–C–C–N with tert-alkyl or cyclic N) is 1. The van der Waals surface area contributed by atoms with Gasteiger partial charge in [-0.3, -0.25) is 19.2 Å². The van der Waals surface area contributed by atoms with Crippen molar-refractivity contribution in [1.29, 1.82) is 5.26 Å². The normalized spacial score (nSPS) is 15.4. The fourth-order valence-electron chi connectivity index (χ4n) is 3.57. The molecule has 1 aliphatic heterocycles. The van der Waals surface area contributed by atoms with Crippen LogP contribution in [0.3, 0.4) is 0 Å². The van der Waals surface area contributed by atoms with Gasteiger partial charge in [0, 0.05) is 11.1 Å². The molecule has 0 radical (unpaired) electrons. The molecule has 0 aliphatic carbocycles. The zero-order valence-electron chi connectivity index (χ0n) is 19.8. The Morgan fingerprint density at radius 2 is 1.89 bits per heavy atom. The van der Waals surface area contributed by atoms with E-state index in [4.69, 9.17) is 4.42 Å². The van der Waals surface area contributed by atoms with Crippen molar-refractivity contribution in [3.63, 3.8) is 0 Å². The van der Waals surface area contributed by atoms with E-state index in [2.05, 4.69) is 14.9 Å². The van der Waals surface area contributed by atoms with Gasteiger partial charge in [0.05, 0.1) is 18.0 Å². The number of furan rings is 1. The molecule has 13 heteroatoms. The second kappa shape index (κ2) is 10.5. The summed E-state index contributed by atoms with van der Waals surface area (Å²) in [6.07, 6.45) is 2.07. The molecule has 2 N–H and O–H groups in total. The molecule has 4 rings (SSSR count). The largest absolute Gasteiger partial charge is 0.457 e. The van der Waals surface area contributed by atoms with Crippen LogP contribution in [0.1, 0.15) is 24.6 Å². The maximum absolute atomic E-state index is 12.8. The Hall–Kier alpha value is -4.12. The zero-order valence-corrected chi connectivity index (χ0v) is 21.4. The average molecular weight is 540 g/mol. The molecule has 1 aliphatic rings. The number of aliphatic hydroxyl groups is 1. The standard InChI is InChI=1S/C24H21N5O6S2/c1-3-21-26-27-24(36-21)28-37(33,34)17-7-4-15(5-8-17)20-9-6-16(35-20)12-18-14(2)19(13-25)23(32)29(10-11-30)22(18)31/h4-9,12,30H,3,10-11H2,1-2H3,(H,27,28)/b18-12+. The molecule has 0 spiro atoms. The highest BCUT2D eigenvalue weighted by Gasteiger charge is 2.35. The Kier molecular flexibility index (Phi) is 7.35. The molecular formula is C24H21N5O6S2. The van der Waals surface area contributed by atoms with Crippen LogP contribution in [-0.4, -0.2) is 53.6 Å². The third kappa shape index (κ3) is 5.21. The maximum Gasteiger partial charge on any atom is 0.271 e. The summed E-state index contributed by atoms with van der Waals surface area (Å²) in [5.41, 5.74) is 0.717. The number of carbonyl (C=O) groups excluding carboxylic acids is 2. The second-order valence-electron chi connectivity index (χ2n) is 7.84. The summed E-state index contributed by atoms with van der Waals surface area (Å²) in [5, 5.41) is 27.2. The van der Waals surface area contributed by atoms with E-state index < -0.39 is 28.4 Å².